The first-order valence-corrected chi connectivity index (χ1v) is 11.5. The van der Waals surface area contributed by atoms with Gasteiger partial charge in [-0.1, -0.05) is 45.2 Å². The van der Waals surface area contributed by atoms with Crippen molar-refractivity contribution in [3.8, 4) is 0 Å². The average Bonchev–Trinajstić information content (AvgIpc) is 3.24. The molecule has 29 heavy (non-hydrogen) atoms. The molecule has 2 heterocycles. The van der Waals surface area contributed by atoms with Gasteiger partial charge in [0.2, 0.25) is 5.91 Å². The van der Waals surface area contributed by atoms with Crippen LogP contribution in [0, 0.1) is 12.8 Å². The van der Waals surface area contributed by atoms with Gasteiger partial charge in [0.25, 0.3) is 0 Å². The number of nitrogens with zero attached hydrogens (tertiary/aromatic N) is 1. The Labute approximate surface area is 178 Å². The SMILES string of the molecule is CCCCCC(O)c1ccc(N2C(=O)CC(C)[C@@H]2COCc2ccc(C)s2)cc1. The number of hydrogen-bond acceptors (Lipinski definition) is 4. The number of unbranched alkanes of at least 4 members (excludes halogenated alkanes) is 2. The maximum atomic E-state index is 12.6. The van der Waals surface area contributed by atoms with Crippen LogP contribution in [0.5, 0.6) is 0 Å². The standard InChI is InChI=1S/C24H33NO3S/c1-4-5-6-7-23(26)19-9-11-20(12-10-19)25-22(17(2)14-24(25)27)16-28-15-21-13-8-18(3)29-21/h8-13,17,22-23,26H,4-7,14-16H2,1-3H3/t17?,22-,23?/m0/s1. The van der Waals surface area contributed by atoms with E-state index in [4.69, 9.17) is 4.74 Å². The number of benzene rings is 1. The highest BCUT2D eigenvalue weighted by molar-refractivity contribution is 7.11. The van der Waals surface area contributed by atoms with Crippen molar-refractivity contribution in [3.05, 3.63) is 51.7 Å². The van der Waals surface area contributed by atoms with Gasteiger partial charge in [-0.2, -0.15) is 0 Å². The molecule has 1 saturated heterocycles. The highest BCUT2D eigenvalue weighted by Gasteiger charge is 2.38. The fraction of sp³-hybridized carbons (Fsp3) is 0.542. The van der Waals surface area contributed by atoms with Gasteiger partial charge in [-0.25, -0.2) is 0 Å². The van der Waals surface area contributed by atoms with Crippen LogP contribution in [-0.4, -0.2) is 23.7 Å². The molecule has 2 aromatic rings. The minimum Gasteiger partial charge on any atom is -0.388 e. The Morgan fingerprint density at radius 3 is 2.62 bits per heavy atom. The Balaban J connectivity index is 1.62. The first-order valence-electron chi connectivity index (χ1n) is 10.7. The van der Waals surface area contributed by atoms with E-state index in [1.165, 1.54) is 9.75 Å². The molecule has 1 amide bonds. The Hall–Kier alpha value is -1.69. The molecule has 1 N–H and O–H groups in total. The van der Waals surface area contributed by atoms with E-state index in [9.17, 15) is 9.90 Å². The summed E-state index contributed by atoms with van der Waals surface area (Å²) >= 11 is 1.75. The second-order valence-corrected chi connectivity index (χ2v) is 9.52. The Morgan fingerprint density at radius 2 is 1.97 bits per heavy atom. The summed E-state index contributed by atoms with van der Waals surface area (Å²) in [6, 6.07) is 12.1. The number of rotatable bonds is 10. The Kier molecular flexibility index (Phi) is 7.87. The van der Waals surface area contributed by atoms with Gasteiger partial charge >= 0.3 is 0 Å². The summed E-state index contributed by atoms with van der Waals surface area (Å²) in [6.07, 6.45) is 4.22. The molecule has 1 fully saturated rings. The molecule has 158 valence electrons. The predicted molar refractivity (Wildman–Crippen MR) is 119 cm³/mol. The van der Waals surface area contributed by atoms with Crippen molar-refractivity contribution < 1.29 is 14.6 Å². The highest BCUT2D eigenvalue weighted by atomic mass is 32.1. The summed E-state index contributed by atoms with van der Waals surface area (Å²) in [5.74, 6) is 0.404. The van der Waals surface area contributed by atoms with Gasteiger partial charge < -0.3 is 14.7 Å². The van der Waals surface area contributed by atoms with Crippen molar-refractivity contribution in [1.29, 1.82) is 0 Å². The quantitative estimate of drug-likeness (QED) is 0.512. The smallest absolute Gasteiger partial charge is 0.227 e. The minimum absolute atomic E-state index is 0.0453. The van der Waals surface area contributed by atoms with Crippen LogP contribution < -0.4 is 4.90 Å². The number of anilines is 1. The summed E-state index contributed by atoms with van der Waals surface area (Å²) in [5, 5.41) is 10.4. The Bertz CT molecular complexity index is 786. The fourth-order valence-electron chi connectivity index (χ4n) is 3.98. The molecule has 4 nitrogen and oxygen atoms in total. The first kappa shape index (κ1) is 22.0. The molecule has 0 saturated carbocycles. The molecule has 0 spiro atoms. The number of thiophene rings is 1. The number of aryl methyl sites for hydroxylation is 1. The van der Waals surface area contributed by atoms with Crippen molar-refractivity contribution in [2.24, 2.45) is 5.92 Å². The van der Waals surface area contributed by atoms with Gasteiger partial charge in [0, 0.05) is 21.9 Å². The van der Waals surface area contributed by atoms with E-state index < -0.39 is 6.10 Å². The molecule has 0 bridgehead atoms. The number of aliphatic hydroxyl groups is 1. The highest BCUT2D eigenvalue weighted by Crippen LogP contribution is 2.32. The van der Waals surface area contributed by atoms with Crippen LogP contribution in [0.2, 0.25) is 0 Å². The van der Waals surface area contributed by atoms with E-state index in [-0.39, 0.29) is 17.9 Å². The number of amides is 1. The minimum atomic E-state index is -0.433. The van der Waals surface area contributed by atoms with E-state index in [0.717, 1.165) is 36.9 Å². The number of ether oxygens (including phenoxy) is 1. The third kappa shape index (κ3) is 5.68. The van der Waals surface area contributed by atoms with Gasteiger partial charge in [0.15, 0.2) is 0 Å². The van der Waals surface area contributed by atoms with Crippen molar-refractivity contribution >= 4 is 22.9 Å². The Morgan fingerprint density at radius 1 is 1.21 bits per heavy atom. The van der Waals surface area contributed by atoms with Crippen molar-refractivity contribution in [2.45, 2.75) is 71.6 Å². The van der Waals surface area contributed by atoms with E-state index in [1.807, 2.05) is 29.2 Å². The molecular formula is C24H33NO3S. The van der Waals surface area contributed by atoms with Crippen LogP contribution in [-0.2, 0) is 16.1 Å². The van der Waals surface area contributed by atoms with Crippen molar-refractivity contribution in [2.75, 3.05) is 11.5 Å². The lowest BCUT2D eigenvalue weighted by atomic mass is 10.0. The van der Waals surface area contributed by atoms with Gasteiger partial charge in [-0.3, -0.25) is 4.79 Å². The molecule has 1 aliphatic rings. The lowest BCUT2D eigenvalue weighted by Crippen LogP contribution is -2.38. The monoisotopic (exact) mass is 415 g/mol. The second kappa shape index (κ2) is 10.4. The normalized spacial score (nSPS) is 20.4. The molecule has 0 aliphatic carbocycles. The molecule has 3 atom stereocenters. The number of aliphatic hydroxyl groups excluding tert-OH is 1. The van der Waals surface area contributed by atoms with Crippen LogP contribution in [0.3, 0.4) is 0 Å². The zero-order valence-corrected chi connectivity index (χ0v) is 18.6. The van der Waals surface area contributed by atoms with Gasteiger partial charge in [-0.15, -0.1) is 11.3 Å². The van der Waals surface area contributed by atoms with E-state index in [1.54, 1.807) is 11.3 Å². The number of carbonyl (C=O) groups excluding carboxylic acids is 1. The number of hydrogen-bond donors (Lipinski definition) is 1. The molecule has 1 aromatic carbocycles. The van der Waals surface area contributed by atoms with Gasteiger partial charge in [-0.05, 0) is 49.1 Å². The third-order valence-electron chi connectivity index (χ3n) is 5.72. The number of carbonyl (C=O) groups is 1. The summed E-state index contributed by atoms with van der Waals surface area (Å²) < 4.78 is 5.98. The molecule has 1 aromatic heterocycles. The molecule has 0 radical (unpaired) electrons. The van der Waals surface area contributed by atoms with Crippen LogP contribution in [0.15, 0.2) is 36.4 Å². The van der Waals surface area contributed by atoms with E-state index in [2.05, 4.69) is 32.9 Å². The summed E-state index contributed by atoms with van der Waals surface area (Å²) in [5.41, 5.74) is 1.81. The molecule has 3 rings (SSSR count). The zero-order chi connectivity index (χ0) is 20.8. The molecule has 5 heteroatoms. The lowest BCUT2D eigenvalue weighted by Gasteiger charge is -2.27. The molecule has 2 unspecified atom stereocenters. The maximum Gasteiger partial charge on any atom is 0.227 e. The fourth-order valence-corrected chi connectivity index (χ4v) is 4.81. The summed E-state index contributed by atoms with van der Waals surface area (Å²) in [7, 11) is 0. The van der Waals surface area contributed by atoms with Crippen LogP contribution in [0.1, 0.15) is 67.4 Å². The maximum absolute atomic E-state index is 12.6. The zero-order valence-electron chi connectivity index (χ0n) is 17.8. The third-order valence-corrected chi connectivity index (χ3v) is 6.69. The topological polar surface area (TPSA) is 49.8 Å². The molecular weight excluding hydrogens is 382 g/mol. The van der Waals surface area contributed by atoms with Crippen molar-refractivity contribution in [1.82, 2.24) is 0 Å². The summed E-state index contributed by atoms with van der Waals surface area (Å²) in [6.45, 7) is 7.50. The predicted octanol–water partition coefficient (Wildman–Crippen LogP) is 5.63. The van der Waals surface area contributed by atoms with E-state index >= 15 is 0 Å². The lowest BCUT2D eigenvalue weighted by molar-refractivity contribution is -0.117. The van der Waals surface area contributed by atoms with Crippen LogP contribution in [0.25, 0.3) is 0 Å². The van der Waals surface area contributed by atoms with Crippen LogP contribution in [0.4, 0.5) is 5.69 Å². The second-order valence-electron chi connectivity index (χ2n) is 8.14. The summed E-state index contributed by atoms with van der Waals surface area (Å²) in [4.78, 5) is 17.0. The van der Waals surface area contributed by atoms with Gasteiger partial charge in [0.1, 0.15) is 0 Å². The van der Waals surface area contributed by atoms with E-state index in [0.29, 0.717) is 19.6 Å². The van der Waals surface area contributed by atoms with Crippen LogP contribution >= 0.6 is 11.3 Å². The van der Waals surface area contributed by atoms with Gasteiger partial charge in [0.05, 0.1) is 25.4 Å². The molecule has 1 aliphatic heterocycles. The van der Waals surface area contributed by atoms with Crippen molar-refractivity contribution in [3.63, 3.8) is 0 Å². The first-order chi connectivity index (χ1) is 14.0. The largest absolute Gasteiger partial charge is 0.388 e. The average molecular weight is 416 g/mol.